The monoisotopic (exact) mass is 281 g/mol. The fraction of sp³-hybridized carbons (Fsp3) is 0.0833. The lowest BCUT2D eigenvalue weighted by Gasteiger charge is -2.09. The van der Waals surface area contributed by atoms with Crippen molar-refractivity contribution >= 4 is 15.8 Å². The number of sulfonamides is 1. The fourth-order valence-corrected chi connectivity index (χ4v) is 2.63. The highest BCUT2D eigenvalue weighted by molar-refractivity contribution is 7.92. The molecule has 2 aromatic rings. The van der Waals surface area contributed by atoms with Crippen LogP contribution >= 0.6 is 0 Å². The Kier molecular flexibility index (Phi) is 3.77. The van der Waals surface area contributed by atoms with Crippen LogP contribution in [0.4, 0.5) is 10.2 Å². The maximum atomic E-state index is 13.6. The lowest BCUT2D eigenvalue weighted by molar-refractivity contribution is 0.569. The molecule has 3 N–H and O–H groups in total. The molecule has 0 saturated carbocycles. The molecule has 0 spiro atoms. The molecule has 0 aliphatic rings. The van der Waals surface area contributed by atoms with Gasteiger partial charge in [0.1, 0.15) is 16.5 Å². The van der Waals surface area contributed by atoms with Gasteiger partial charge < -0.3 is 5.73 Å². The van der Waals surface area contributed by atoms with Crippen LogP contribution in [-0.2, 0) is 16.6 Å². The second kappa shape index (κ2) is 5.33. The van der Waals surface area contributed by atoms with Gasteiger partial charge >= 0.3 is 0 Å². The summed E-state index contributed by atoms with van der Waals surface area (Å²) in [6, 6.07) is 8.47. The van der Waals surface area contributed by atoms with Gasteiger partial charge in [-0.25, -0.2) is 17.8 Å². The van der Waals surface area contributed by atoms with Crippen molar-refractivity contribution in [3.8, 4) is 0 Å². The van der Waals surface area contributed by atoms with Crippen LogP contribution in [0.2, 0.25) is 0 Å². The third kappa shape index (κ3) is 3.07. The van der Waals surface area contributed by atoms with Crippen LogP contribution in [0.5, 0.6) is 0 Å². The zero-order valence-electron chi connectivity index (χ0n) is 9.88. The molecule has 0 atom stereocenters. The third-order valence-corrected chi connectivity index (χ3v) is 3.79. The molecule has 0 aliphatic carbocycles. The van der Waals surface area contributed by atoms with Crippen LogP contribution in [0.1, 0.15) is 5.56 Å². The van der Waals surface area contributed by atoms with Crippen LogP contribution in [0.25, 0.3) is 0 Å². The molecule has 0 aliphatic heterocycles. The van der Waals surface area contributed by atoms with Gasteiger partial charge in [-0.1, -0.05) is 12.1 Å². The molecular formula is C12H12FN3O2S. The number of hydrogen-bond donors (Lipinski definition) is 2. The average Bonchev–Trinajstić information content (AvgIpc) is 2.39. The van der Waals surface area contributed by atoms with Crippen molar-refractivity contribution in [3.05, 3.63) is 54.0 Å². The first-order valence-corrected chi connectivity index (χ1v) is 6.93. The summed E-state index contributed by atoms with van der Waals surface area (Å²) < 4.78 is 39.9. The normalized spacial score (nSPS) is 11.3. The molecule has 0 saturated heterocycles. The lowest BCUT2D eigenvalue weighted by Crippen LogP contribution is -2.16. The van der Waals surface area contributed by atoms with Gasteiger partial charge in [0.25, 0.3) is 10.0 Å². The molecule has 19 heavy (non-hydrogen) atoms. The topological polar surface area (TPSA) is 85.1 Å². The second-order valence-corrected chi connectivity index (χ2v) is 5.44. The number of aromatic nitrogens is 1. The Morgan fingerprint density at radius 2 is 2.05 bits per heavy atom. The Morgan fingerprint density at radius 1 is 1.26 bits per heavy atom. The Hall–Kier alpha value is -1.99. The number of nitrogens with zero attached hydrogens (tertiary/aromatic N) is 1. The van der Waals surface area contributed by atoms with Crippen LogP contribution in [0.3, 0.4) is 0 Å². The molecule has 0 fully saturated rings. The molecule has 100 valence electrons. The zero-order valence-corrected chi connectivity index (χ0v) is 10.7. The van der Waals surface area contributed by atoms with E-state index in [9.17, 15) is 12.8 Å². The van der Waals surface area contributed by atoms with Crippen molar-refractivity contribution in [3.63, 3.8) is 0 Å². The predicted molar refractivity (Wildman–Crippen MR) is 69.3 cm³/mol. The van der Waals surface area contributed by atoms with E-state index in [4.69, 9.17) is 5.73 Å². The number of halogens is 1. The standard InChI is InChI=1S/C12H12FN3O2S/c13-10-5-4-9(8-14)7-11(10)19(17,18)16-12-3-1-2-6-15-12/h1-7H,8,14H2,(H,15,16). The van der Waals surface area contributed by atoms with Gasteiger partial charge in [0.05, 0.1) is 0 Å². The predicted octanol–water partition coefficient (Wildman–Crippen LogP) is 1.48. The highest BCUT2D eigenvalue weighted by atomic mass is 32.2. The van der Waals surface area contributed by atoms with E-state index < -0.39 is 20.7 Å². The molecule has 1 heterocycles. The van der Waals surface area contributed by atoms with E-state index in [1.807, 2.05) is 0 Å². The van der Waals surface area contributed by atoms with E-state index in [-0.39, 0.29) is 12.4 Å². The van der Waals surface area contributed by atoms with Crippen LogP contribution < -0.4 is 10.5 Å². The summed E-state index contributed by atoms with van der Waals surface area (Å²) in [6.45, 7) is 0.131. The quantitative estimate of drug-likeness (QED) is 0.889. The third-order valence-electron chi connectivity index (χ3n) is 2.42. The van der Waals surface area contributed by atoms with E-state index in [0.717, 1.165) is 6.07 Å². The SMILES string of the molecule is NCc1ccc(F)c(S(=O)(=O)Nc2ccccn2)c1. The number of benzene rings is 1. The minimum Gasteiger partial charge on any atom is -0.326 e. The van der Waals surface area contributed by atoms with Crippen molar-refractivity contribution in [2.24, 2.45) is 5.73 Å². The van der Waals surface area contributed by atoms with Gasteiger partial charge in [0.15, 0.2) is 0 Å². The summed E-state index contributed by atoms with van der Waals surface area (Å²) in [7, 11) is -4.02. The van der Waals surface area contributed by atoms with Gasteiger partial charge in [-0.15, -0.1) is 0 Å². The second-order valence-electron chi connectivity index (χ2n) is 3.79. The molecular weight excluding hydrogens is 269 g/mol. The maximum absolute atomic E-state index is 13.6. The number of nitrogens with two attached hydrogens (primary N) is 1. The summed E-state index contributed by atoms with van der Waals surface area (Å²) in [6.07, 6.45) is 1.44. The number of hydrogen-bond acceptors (Lipinski definition) is 4. The Labute approximate surface area is 110 Å². The van der Waals surface area contributed by atoms with Gasteiger partial charge in [0, 0.05) is 12.7 Å². The molecule has 2 rings (SSSR count). The Bertz CT molecular complexity index is 675. The molecule has 0 unspecified atom stereocenters. The smallest absolute Gasteiger partial charge is 0.265 e. The average molecular weight is 281 g/mol. The van der Waals surface area contributed by atoms with Gasteiger partial charge in [-0.2, -0.15) is 0 Å². The summed E-state index contributed by atoms with van der Waals surface area (Å²) >= 11 is 0. The van der Waals surface area contributed by atoms with Gasteiger partial charge in [-0.3, -0.25) is 4.72 Å². The number of rotatable bonds is 4. The molecule has 1 aromatic heterocycles. The van der Waals surface area contributed by atoms with Crippen molar-refractivity contribution in [1.29, 1.82) is 0 Å². The first-order chi connectivity index (χ1) is 9.03. The first kappa shape index (κ1) is 13.4. The van der Waals surface area contributed by atoms with E-state index in [1.54, 1.807) is 12.1 Å². The molecule has 0 radical (unpaired) electrons. The summed E-state index contributed by atoms with van der Waals surface area (Å²) in [4.78, 5) is 3.38. The van der Waals surface area contributed by atoms with Crippen LogP contribution in [0, 0.1) is 5.82 Å². The lowest BCUT2D eigenvalue weighted by atomic mass is 10.2. The van der Waals surface area contributed by atoms with E-state index >= 15 is 0 Å². The number of pyridine rings is 1. The van der Waals surface area contributed by atoms with Crippen molar-refractivity contribution in [2.45, 2.75) is 11.4 Å². The van der Waals surface area contributed by atoms with Crippen molar-refractivity contribution < 1.29 is 12.8 Å². The van der Waals surface area contributed by atoms with Gasteiger partial charge in [-0.05, 0) is 29.8 Å². The maximum Gasteiger partial charge on any atom is 0.265 e. The highest BCUT2D eigenvalue weighted by Crippen LogP contribution is 2.19. The minimum atomic E-state index is -4.02. The molecule has 7 heteroatoms. The van der Waals surface area contributed by atoms with Gasteiger partial charge in [0.2, 0.25) is 0 Å². The minimum absolute atomic E-state index is 0.125. The zero-order chi connectivity index (χ0) is 13.9. The van der Waals surface area contributed by atoms with Crippen molar-refractivity contribution in [2.75, 3.05) is 4.72 Å². The largest absolute Gasteiger partial charge is 0.326 e. The highest BCUT2D eigenvalue weighted by Gasteiger charge is 2.19. The molecule has 0 bridgehead atoms. The first-order valence-electron chi connectivity index (χ1n) is 5.45. The molecule has 1 aromatic carbocycles. The van der Waals surface area contributed by atoms with E-state index in [0.29, 0.717) is 5.56 Å². The summed E-state index contributed by atoms with van der Waals surface area (Å²) in [5.41, 5.74) is 5.94. The Balaban J connectivity index is 2.39. The van der Waals surface area contributed by atoms with Crippen molar-refractivity contribution in [1.82, 2.24) is 4.98 Å². The van der Waals surface area contributed by atoms with Crippen LogP contribution in [0.15, 0.2) is 47.5 Å². The summed E-state index contributed by atoms with van der Waals surface area (Å²) in [5.74, 6) is -0.708. The number of anilines is 1. The van der Waals surface area contributed by atoms with E-state index in [2.05, 4.69) is 9.71 Å². The fourth-order valence-electron chi connectivity index (χ4n) is 1.50. The summed E-state index contributed by atoms with van der Waals surface area (Å²) in [5, 5.41) is 0. The molecule has 0 amide bonds. The van der Waals surface area contributed by atoms with Crippen LogP contribution in [-0.4, -0.2) is 13.4 Å². The number of nitrogens with one attached hydrogen (secondary N) is 1. The van der Waals surface area contributed by atoms with E-state index in [1.165, 1.54) is 24.4 Å². The Morgan fingerprint density at radius 3 is 2.68 bits per heavy atom. The molecule has 5 nitrogen and oxygen atoms in total.